The molecule has 0 aliphatic carbocycles. The average Bonchev–Trinajstić information content (AvgIpc) is 2.19. The number of ether oxygens (including phenoxy) is 1. The van der Waals surface area contributed by atoms with Gasteiger partial charge in [-0.15, -0.1) is 0 Å². The molecule has 4 heteroatoms. The Hall–Kier alpha value is -0.610. The van der Waals surface area contributed by atoms with Gasteiger partial charge in [-0.1, -0.05) is 6.92 Å². The molecule has 1 heterocycles. The Bertz CT molecular complexity index is 166. The zero-order chi connectivity index (χ0) is 9.68. The normalized spacial score (nSPS) is 20.0. The van der Waals surface area contributed by atoms with Gasteiger partial charge >= 0.3 is 0 Å². The fourth-order valence-electron chi connectivity index (χ4n) is 1.30. The van der Waals surface area contributed by atoms with Gasteiger partial charge in [-0.3, -0.25) is 4.79 Å². The Morgan fingerprint density at radius 1 is 1.46 bits per heavy atom. The smallest absolute Gasteiger partial charge is 0.223 e. The van der Waals surface area contributed by atoms with Gasteiger partial charge in [-0.25, -0.2) is 5.11 Å². The van der Waals surface area contributed by atoms with E-state index in [-0.39, 0.29) is 18.4 Å². The summed E-state index contributed by atoms with van der Waals surface area (Å²) in [4.78, 5) is 13.3. The highest BCUT2D eigenvalue weighted by atomic mass is 16.5. The molecule has 13 heavy (non-hydrogen) atoms. The van der Waals surface area contributed by atoms with Crippen LogP contribution in [0.3, 0.4) is 0 Å². The number of amides is 1. The first-order valence-electron chi connectivity index (χ1n) is 4.67. The summed E-state index contributed by atoms with van der Waals surface area (Å²) in [6, 6.07) is 0. The Morgan fingerprint density at radius 3 is 2.62 bits per heavy atom. The predicted octanol–water partition coefficient (Wildman–Crippen LogP) is 0.302. The van der Waals surface area contributed by atoms with Crippen LogP contribution in [0.4, 0.5) is 0 Å². The lowest BCUT2D eigenvalue weighted by atomic mass is 10.1. The van der Waals surface area contributed by atoms with Crippen LogP contribution in [0.15, 0.2) is 0 Å². The first-order valence-corrected chi connectivity index (χ1v) is 4.67. The summed E-state index contributed by atoms with van der Waals surface area (Å²) in [6.45, 7) is 4.23. The molecule has 0 aromatic heterocycles. The van der Waals surface area contributed by atoms with E-state index in [0.717, 1.165) is 0 Å². The second-order valence-corrected chi connectivity index (χ2v) is 3.47. The zero-order valence-electron chi connectivity index (χ0n) is 7.99. The molecule has 75 valence electrons. The van der Waals surface area contributed by atoms with Gasteiger partial charge in [0.15, 0.2) is 0 Å². The van der Waals surface area contributed by atoms with Crippen LogP contribution >= 0.6 is 0 Å². The third-order valence-electron chi connectivity index (χ3n) is 2.17. The summed E-state index contributed by atoms with van der Waals surface area (Å²) in [7, 11) is 0. The molecule has 4 nitrogen and oxygen atoms in total. The van der Waals surface area contributed by atoms with E-state index in [9.17, 15) is 9.90 Å². The maximum atomic E-state index is 11.5. The Balaban J connectivity index is 2.29. The molecule has 0 saturated carbocycles. The Kier molecular flexibility index (Phi) is 4.18. The molecule has 1 rings (SSSR count). The summed E-state index contributed by atoms with van der Waals surface area (Å²) in [5.74, 6) is 0.0435. The highest BCUT2D eigenvalue weighted by molar-refractivity contribution is 5.76. The first kappa shape index (κ1) is 10.5. The van der Waals surface area contributed by atoms with Gasteiger partial charge in [0.25, 0.3) is 0 Å². The number of morpholine rings is 1. The van der Waals surface area contributed by atoms with Crippen molar-refractivity contribution in [2.45, 2.75) is 13.3 Å². The SMILES string of the molecule is CC(C[O])CC(=O)N1CCOCC1. The van der Waals surface area contributed by atoms with Crippen molar-refractivity contribution in [3.63, 3.8) is 0 Å². The number of nitrogens with zero attached hydrogens (tertiary/aromatic N) is 1. The summed E-state index contributed by atoms with van der Waals surface area (Å²) in [6.07, 6.45) is 0.378. The molecule has 1 aliphatic heterocycles. The van der Waals surface area contributed by atoms with Gasteiger partial charge < -0.3 is 9.64 Å². The molecular formula is C9H16NO3. The van der Waals surface area contributed by atoms with E-state index in [0.29, 0.717) is 32.7 Å². The molecule has 0 spiro atoms. The standard InChI is InChI=1S/C9H16NO3/c1-8(7-11)6-9(12)10-2-4-13-5-3-10/h8H,2-7H2,1H3. The number of hydrogen-bond donors (Lipinski definition) is 0. The fourth-order valence-corrected chi connectivity index (χ4v) is 1.30. The van der Waals surface area contributed by atoms with Crippen molar-refractivity contribution in [2.24, 2.45) is 5.92 Å². The maximum absolute atomic E-state index is 11.5. The van der Waals surface area contributed by atoms with Gasteiger partial charge in [0.1, 0.15) is 0 Å². The summed E-state index contributed by atoms with van der Waals surface area (Å²) < 4.78 is 5.13. The minimum Gasteiger partial charge on any atom is -0.378 e. The lowest BCUT2D eigenvalue weighted by molar-refractivity contribution is -0.136. The van der Waals surface area contributed by atoms with Crippen molar-refractivity contribution < 1.29 is 14.6 Å². The van der Waals surface area contributed by atoms with Crippen LogP contribution in [0.25, 0.3) is 0 Å². The molecule has 1 saturated heterocycles. The van der Waals surface area contributed by atoms with E-state index < -0.39 is 0 Å². The summed E-state index contributed by atoms with van der Waals surface area (Å²) in [5, 5.41) is 10.5. The van der Waals surface area contributed by atoms with E-state index in [1.165, 1.54) is 0 Å². The van der Waals surface area contributed by atoms with Crippen LogP contribution in [0.1, 0.15) is 13.3 Å². The van der Waals surface area contributed by atoms with Crippen LogP contribution in [0.2, 0.25) is 0 Å². The number of carbonyl (C=O) groups excluding carboxylic acids is 1. The molecule has 0 aromatic carbocycles. The largest absolute Gasteiger partial charge is 0.378 e. The van der Waals surface area contributed by atoms with Gasteiger partial charge in [0.05, 0.1) is 19.8 Å². The minimum atomic E-state index is -0.171. The lowest BCUT2D eigenvalue weighted by Gasteiger charge is -2.27. The van der Waals surface area contributed by atoms with E-state index in [2.05, 4.69) is 0 Å². The zero-order valence-corrected chi connectivity index (χ0v) is 7.99. The first-order chi connectivity index (χ1) is 6.24. The summed E-state index contributed by atoms with van der Waals surface area (Å²) >= 11 is 0. The summed E-state index contributed by atoms with van der Waals surface area (Å²) in [5.41, 5.74) is 0. The molecule has 1 aliphatic rings. The molecule has 0 aromatic rings. The molecule has 1 amide bonds. The van der Waals surface area contributed by atoms with Crippen molar-refractivity contribution in [3.8, 4) is 0 Å². The average molecular weight is 186 g/mol. The minimum absolute atomic E-state index is 0.0460. The highest BCUT2D eigenvalue weighted by Gasteiger charge is 2.18. The molecule has 1 unspecified atom stereocenters. The van der Waals surface area contributed by atoms with Gasteiger partial charge in [-0.05, 0) is 5.92 Å². The molecule has 0 N–H and O–H groups in total. The van der Waals surface area contributed by atoms with Crippen LogP contribution in [0.5, 0.6) is 0 Å². The van der Waals surface area contributed by atoms with Crippen LogP contribution in [-0.2, 0) is 14.6 Å². The quantitative estimate of drug-likeness (QED) is 0.636. The second-order valence-electron chi connectivity index (χ2n) is 3.47. The highest BCUT2D eigenvalue weighted by Crippen LogP contribution is 2.06. The van der Waals surface area contributed by atoms with Crippen LogP contribution in [-0.4, -0.2) is 43.7 Å². The Morgan fingerprint density at radius 2 is 2.08 bits per heavy atom. The maximum Gasteiger partial charge on any atom is 0.223 e. The molecular weight excluding hydrogens is 170 g/mol. The van der Waals surface area contributed by atoms with E-state index >= 15 is 0 Å². The number of carbonyl (C=O) groups is 1. The molecule has 1 atom stereocenters. The predicted molar refractivity (Wildman–Crippen MR) is 46.7 cm³/mol. The van der Waals surface area contributed by atoms with E-state index in [4.69, 9.17) is 4.74 Å². The number of rotatable bonds is 3. The van der Waals surface area contributed by atoms with Crippen LogP contribution in [0, 0.1) is 5.92 Å². The van der Waals surface area contributed by atoms with Gasteiger partial charge in [-0.2, -0.15) is 0 Å². The lowest BCUT2D eigenvalue weighted by Crippen LogP contribution is -2.41. The monoisotopic (exact) mass is 186 g/mol. The van der Waals surface area contributed by atoms with E-state index in [1.54, 1.807) is 4.90 Å². The van der Waals surface area contributed by atoms with Crippen molar-refractivity contribution in [1.82, 2.24) is 4.90 Å². The van der Waals surface area contributed by atoms with Crippen molar-refractivity contribution in [1.29, 1.82) is 0 Å². The molecule has 1 fully saturated rings. The molecule has 1 radical (unpaired) electrons. The van der Waals surface area contributed by atoms with Gasteiger partial charge in [0.2, 0.25) is 5.91 Å². The fraction of sp³-hybridized carbons (Fsp3) is 0.889. The van der Waals surface area contributed by atoms with E-state index in [1.807, 2.05) is 6.92 Å². The topological polar surface area (TPSA) is 49.4 Å². The number of hydrogen-bond acceptors (Lipinski definition) is 2. The third kappa shape index (κ3) is 3.32. The van der Waals surface area contributed by atoms with Crippen molar-refractivity contribution in [3.05, 3.63) is 0 Å². The van der Waals surface area contributed by atoms with Crippen molar-refractivity contribution >= 4 is 5.91 Å². The van der Waals surface area contributed by atoms with Crippen molar-refractivity contribution in [2.75, 3.05) is 32.9 Å². The Labute approximate surface area is 78.5 Å². The second kappa shape index (κ2) is 5.19. The van der Waals surface area contributed by atoms with Gasteiger partial charge in [0, 0.05) is 19.5 Å². The molecule has 0 bridgehead atoms. The van der Waals surface area contributed by atoms with Crippen LogP contribution < -0.4 is 0 Å². The third-order valence-corrected chi connectivity index (χ3v) is 2.17.